The molecule has 1 amide bonds. The molecule has 1 heterocycles. The molecular formula is C13H24N2O2. The van der Waals surface area contributed by atoms with Crippen LogP contribution in [0, 0.1) is 11.8 Å². The van der Waals surface area contributed by atoms with Gasteiger partial charge in [0.05, 0.1) is 12.7 Å². The first-order valence-electron chi connectivity index (χ1n) is 6.79. The molecule has 0 aromatic carbocycles. The molecular weight excluding hydrogens is 216 g/mol. The Kier molecular flexibility index (Phi) is 4.40. The van der Waals surface area contributed by atoms with Crippen molar-refractivity contribution in [3.05, 3.63) is 0 Å². The Labute approximate surface area is 104 Å². The van der Waals surface area contributed by atoms with Gasteiger partial charge in [-0.3, -0.25) is 10.1 Å². The lowest BCUT2D eigenvalue weighted by Gasteiger charge is -2.27. The summed E-state index contributed by atoms with van der Waals surface area (Å²) < 4.78 is 5.59. The number of amides is 1. The van der Waals surface area contributed by atoms with Crippen molar-refractivity contribution in [2.45, 2.75) is 39.3 Å². The van der Waals surface area contributed by atoms with E-state index >= 15 is 0 Å². The van der Waals surface area contributed by atoms with Gasteiger partial charge in [-0.15, -0.1) is 0 Å². The van der Waals surface area contributed by atoms with Gasteiger partial charge in [0, 0.05) is 19.8 Å². The van der Waals surface area contributed by atoms with Gasteiger partial charge in [0.1, 0.15) is 0 Å². The molecule has 1 aliphatic carbocycles. The van der Waals surface area contributed by atoms with E-state index in [1.807, 2.05) is 4.90 Å². The van der Waals surface area contributed by atoms with E-state index in [-0.39, 0.29) is 12.1 Å². The number of carbonyl (C=O) groups is 1. The number of hydrogen-bond donors (Lipinski definition) is 1. The third-order valence-corrected chi connectivity index (χ3v) is 3.49. The molecule has 98 valence electrons. The van der Waals surface area contributed by atoms with Crippen LogP contribution in [0.15, 0.2) is 0 Å². The topological polar surface area (TPSA) is 41.6 Å². The van der Waals surface area contributed by atoms with Crippen LogP contribution in [0.25, 0.3) is 0 Å². The minimum atomic E-state index is 0.214. The molecule has 2 fully saturated rings. The maximum Gasteiger partial charge on any atom is 0.237 e. The van der Waals surface area contributed by atoms with Crippen molar-refractivity contribution in [2.75, 3.05) is 26.3 Å². The Hall–Kier alpha value is -0.610. The van der Waals surface area contributed by atoms with E-state index < -0.39 is 0 Å². The summed E-state index contributed by atoms with van der Waals surface area (Å²) in [6.07, 6.45) is 3.84. The van der Waals surface area contributed by atoms with Crippen LogP contribution in [0.2, 0.25) is 0 Å². The van der Waals surface area contributed by atoms with Gasteiger partial charge in [-0.05, 0) is 31.1 Å². The van der Waals surface area contributed by atoms with E-state index in [2.05, 4.69) is 19.2 Å². The van der Waals surface area contributed by atoms with Gasteiger partial charge in [-0.1, -0.05) is 13.8 Å². The first-order chi connectivity index (χ1) is 8.18. The van der Waals surface area contributed by atoms with Crippen LogP contribution in [0.5, 0.6) is 0 Å². The van der Waals surface area contributed by atoms with Crippen LogP contribution in [0.4, 0.5) is 0 Å². The molecule has 1 saturated carbocycles. The number of rotatable bonds is 7. The monoisotopic (exact) mass is 240 g/mol. The Bertz CT molecular complexity index is 264. The van der Waals surface area contributed by atoms with E-state index in [4.69, 9.17) is 4.74 Å². The summed E-state index contributed by atoms with van der Waals surface area (Å²) in [5.74, 6) is 1.52. The minimum absolute atomic E-state index is 0.214. The molecule has 0 bridgehead atoms. The fourth-order valence-electron chi connectivity index (χ4n) is 2.29. The Morgan fingerprint density at radius 3 is 2.88 bits per heavy atom. The number of ether oxygens (including phenoxy) is 1. The largest absolute Gasteiger partial charge is 0.381 e. The second-order valence-corrected chi connectivity index (χ2v) is 5.53. The van der Waals surface area contributed by atoms with Gasteiger partial charge in [0.25, 0.3) is 0 Å². The third-order valence-electron chi connectivity index (χ3n) is 3.49. The second-order valence-electron chi connectivity index (χ2n) is 5.53. The fourth-order valence-corrected chi connectivity index (χ4v) is 2.29. The van der Waals surface area contributed by atoms with Crippen molar-refractivity contribution in [3.8, 4) is 0 Å². The Morgan fingerprint density at radius 1 is 1.47 bits per heavy atom. The van der Waals surface area contributed by atoms with Crippen molar-refractivity contribution < 1.29 is 9.53 Å². The predicted octanol–water partition coefficient (Wildman–Crippen LogP) is 1.22. The summed E-state index contributed by atoms with van der Waals surface area (Å²) >= 11 is 0. The molecule has 1 saturated heterocycles. The van der Waals surface area contributed by atoms with Crippen LogP contribution >= 0.6 is 0 Å². The van der Waals surface area contributed by atoms with Crippen LogP contribution < -0.4 is 5.32 Å². The smallest absolute Gasteiger partial charge is 0.237 e. The van der Waals surface area contributed by atoms with Gasteiger partial charge in [-0.25, -0.2) is 0 Å². The molecule has 0 radical (unpaired) electrons. The first-order valence-corrected chi connectivity index (χ1v) is 6.79. The lowest BCUT2D eigenvalue weighted by molar-refractivity contribution is -0.128. The third kappa shape index (κ3) is 3.68. The molecule has 1 aliphatic heterocycles. The van der Waals surface area contributed by atoms with Crippen LogP contribution in [0.3, 0.4) is 0 Å². The number of nitrogens with zero attached hydrogens (tertiary/aromatic N) is 1. The van der Waals surface area contributed by atoms with Gasteiger partial charge in [0.15, 0.2) is 0 Å². The molecule has 0 aromatic rings. The van der Waals surface area contributed by atoms with Gasteiger partial charge >= 0.3 is 0 Å². The van der Waals surface area contributed by atoms with Crippen LogP contribution in [-0.2, 0) is 9.53 Å². The van der Waals surface area contributed by atoms with Gasteiger partial charge in [0.2, 0.25) is 5.91 Å². The van der Waals surface area contributed by atoms with E-state index in [1.165, 1.54) is 12.8 Å². The minimum Gasteiger partial charge on any atom is -0.381 e. The fraction of sp³-hybridized carbons (Fsp3) is 0.923. The highest BCUT2D eigenvalue weighted by Crippen LogP contribution is 2.28. The maximum absolute atomic E-state index is 11.7. The normalized spacial score (nSPS) is 25.0. The van der Waals surface area contributed by atoms with Gasteiger partial charge < -0.3 is 9.64 Å². The zero-order valence-corrected chi connectivity index (χ0v) is 10.9. The zero-order chi connectivity index (χ0) is 12.3. The molecule has 0 aromatic heterocycles. The van der Waals surface area contributed by atoms with Gasteiger partial charge in [-0.2, -0.15) is 0 Å². The average molecular weight is 240 g/mol. The SMILES string of the molecule is CC(C)C1NCC(=O)N1CCCOCC1CC1. The summed E-state index contributed by atoms with van der Waals surface area (Å²) in [4.78, 5) is 13.7. The quantitative estimate of drug-likeness (QED) is 0.680. The average Bonchev–Trinajstić information content (AvgIpc) is 3.03. The van der Waals surface area contributed by atoms with E-state index in [9.17, 15) is 4.79 Å². The van der Waals surface area contributed by atoms with Crippen molar-refractivity contribution in [3.63, 3.8) is 0 Å². The summed E-state index contributed by atoms with van der Waals surface area (Å²) in [5.41, 5.74) is 0. The standard InChI is InChI=1S/C13H24N2O2/c1-10(2)13-14-8-12(16)15(13)6-3-7-17-9-11-4-5-11/h10-11,13-14H,3-9H2,1-2H3. The molecule has 1 unspecified atom stereocenters. The maximum atomic E-state index is 11.7. The Balaban J connectivity index is 1.63. The number of hydrogen-bond acceptors (Lipinski definition) is 3. The van der Waals surface area contributed by atoms with Crippen molar-refractivity contribution in [1.82, 2.24) is 10.2 Å². The molecule has 1 N–H and O–H groups in total. The second kappa shape index (κ2) is 5.83. The van der Waals surface area contributed by atoms with E-state index in [0.717, 1.165) is 32.1 Å². The summed E-state index contributed by atoms with van der Waals surface area (Å²) in [6.45, 7) is 7.30. The molecule has 1 atom stereocenters. The summed E-state index contributed by atoms with van der Waals surface area (Å²) in [5, 5.41) is 3.26. The lowest BCUT2D eigenvalue weighted by Crippen LogP contribution is -2.42. The number of nitrogens with one attached hydrogen (secondary N) is 1. The summed E-state index contributed by atoms with van der Waals surface area (Å²) in [6, 6.07) is 0. The Morgan fingerprint density at radius 2 is 2.24 bits per heavy atom. The van der Waals surface area contributed by atoms with Crippen LogP contribution in [0.1, 0.15) is 33.1 Å². The number of carbonyl (C=O) groups excluding carboxylic acids is 1. The first kappa shape index (κ1) is 12.8. The lowest BCUT2D eigenvalue weighted by atomic mass is 10.1. The van der Waals surface area contributed by atoms with Crippen molar-refractivity contribution >= 4 is 5.91 Å². The highest BCUT2D eigenvalue weighted by atomic mass is 16.5. The zero-order valence-electron chi connectivity index (χ0n) is 10.9. The summed E-state index contributed by atoms with van der Waals surface area (Å²) in [7, 11) is 0. The van der Waals surface area contributed by atoms with Crippen molar-refractivity contribution in [2.24, 2.45) is 11.8 Å². The molecule has 4 heteroatoms. The molecule has 17 heavy (non-hydrogen) atoms. The highest BCUT2D eigenvalue weighted by Gasteiger charge is 2.31. The van der Waals surface area contributed by atoms with Crippen LogP contribution in [-0.4, -0.2) is 43.3 Å². The molecule has 2 aliphatic rings. The molecule has 4 nitrogen and oxygen atoms in total. The van der Waals surface area contributed by atoms with E-state index in [0.29, 0.717) is 12.5 Å². The van der Waals surface area contributed by atoms with E-state index in [1.54, 1.807) is 0 Å². The molecule has 2 rings (SSSR count). The highest BCUT2D eigenvalue weighted by molar-refractivity contribution is 5.80. The van der Waals surface area contributed by atoms with Crippen molar-refractivity contribution in [1.29, 1.82) is 0 Å². The molecule has 0 spiro atoms. The predicted molar refractivity (Wildman–Crippen MR) is 66.5 cm³/mol.